The van der Waals surface area contributed by atoms with Gasteiger partial charge in [0.25, 0.3) is 0 Å². The maximum absolute atomic E-state index is 5.45. The van der Waals surface area contributed by atoms with Gasteiger partial charge < -0.3 is 5.43 Å². The van der Waals surface area contributed by atoms with Crippen LogP contribution in [0.1, 0.15) is 30.9 Å². The van der Waals surface area contributed by atoms with Crippen LogP contribution in [0.15, 0.2) is 47.5 Å². The van der Waals surface area contributed by atoms with Gasteiger partial charge in [-0.15, -0.1) is 11.8 Å². The number of hydrogen-bond acceptors (Lipinski definition) is 4. The van der Waals surface area contributed by atoms with E-state index in [0.29, 0.717) is 5.92 Å². The molecule has 19 heavy (non-hydrogen) atoms. The molecule has 3 nitrogen and oxygen atoms in total. The number of anilines is 1. The van der Waals surface area contributed by atoms with Gasteiger partial charge >= 0.3 is 0 Å². The van der Waals surface area contributed by atoms with Crippen molar-refractivity contribution in [2.45, 2.75) is 30.4 Å². The molecule has 100 valence electrons. The van der Waals surface area contributed by atoms with Crippen molar-refractivity contribution in [3.63, 3.8) is 0 Å². The van der Waals surface area contributed by atoms with Crippen LogP contribution in [0, 0.1) is 0 Å². The third-order valence-electron chi connectivity index (χ3n) is 2.97. The summed E-state index contributed by atoms with van der Waals surface area (Å²) in [6.07, 6.45) is 1.74. The Hall–Kier alpha value is -1.52. The zero-order chi connectivity index (χ0) is 13.7. The number of hydrazine groups is 1. The van der Waals surface area contributed by atoms with Gasteiger partial charge in [0.15, 0.2) is 0 Å². The molecule has 0 atom stereocenters. The number of rotatable bonds is 5. The first-order chi connectivity index (χ1) is 9.20. The Kier molecular flexibility index (Phi) is 4.82. The highest BCUT2D eigenvalue weighted by Crippen LogP contribution is 2.26. The number of benzene rings is 1. The molecule has 0 aliphatic heterocycles. The molecule has 0 unspecified atom stereocenters. The van der Waals surface area contributed by atoms with Crippen LogP contribution < -0.4 is 11.3 Å². The van der Waals surface area contributed by atoms with Gasteiger partial charge in [-0.05, 0) is 29.7 Å². The molecule has 4 heteroatoms. The summed E-state index contributed by atoms with van der Waals surface area (Å²) in [5.74, 6) is 7.63. The molecule has 0 saturated carbocycles. The second-order valence-electron chi connectivity index (χ2n) is 4.67. The molecule has 0 aliphatic rings. The van der Waals surface area contributed by atoms with Gasteiger partial charge in [-0.25, -0.2) is 10.8 Å². The minimum atomic E-state index is 0.574. The molecule has 0 aliphatic carbocycles. The molecule has 3 N–H and O–H groups in total. The molecular formula is C15H19N3S. The highest BCUT2D eigenvalue weighted by Gasteiger charge is 2.03. The van der Waals surface area contributed by atoms with Gasteiger partial charge in [0.2, 0.25) is 0 Å². The number of hydrogen-bond donors (Lipinski definition) is 2. The van der Waals surface area contributed by atoms with Crippen LogP contribution >= 0.6 is 11.8 Å². The minimum Gasteiger partial charge on any atom is -0.308 e. The third kappa shape index (κ3) is 3.72. The lowest BCUT2D eigenvalue weighted by molar-refractivity contribution is 0.865. The van der Waals surface area contributed by atoms with Crippen LogP contribution in [0.25, 0.3) is 0 Å². The van der Waals surface area contributed by atoms with E-state index in [1.54, 1.807) is 18.0 Å². The fraction of sp³-hybridized carbons (Fsp3) is 0.267. The summed E-state index contributed by atoms with van der Waals surface area (Å²) in [7, 11) is 0. The van der Waals surface area contributed by atoms with Gasteiger partial charge in [-0.1, -0.05) is 32.0 Å². The smallest absolute Gasteiger partial charge is 0.143 e. The maximum Gasteiger partial charge on any atom is 0.143 e. The van der Waals surface area contributed by atoms with E-state index in [9.17, 15) is 0 Å². The third-order valence-corrected chi connectivity index (χ3v) is 4.03. The summed E-state index contributed by atoms with van der Waals surface area (Å²) in [4.78, 5) is 5.46. The van der Waals surface area contributed by atoms with E-state index in [2.05, 4.69) is 48.5 Å². The topological polar surface area (TPSA) is 50.9 Å². The van der Waals surface area contributed by atoms with Crippen molar-refractivity contribution in [2.75, 3.05) is 5.43 Å². The van der Waals surface area contributed by atoms with Crippen LogP contribution in [0.2, 0.25) is 0 Å². The first-order valence-electron chi connectivity index (χ1n) is 6.34. The van der Waals surface area contributed by atoms with Crippen molar-refractivity contribution < 1.29 is 0 Å². The summed E-state index contributed by atoms with van der Waals surface area (Å²) in [6.45, 7) is 4.41. The van der Waals surface area contributed by atoms with Crippen LogP contribution in [0.4, 0.5) is 5.82 Å². The summed E-state index contributed by atoms with van der Waals surface area (Å²) in [5, 5.41) is 0. The number of nitrogens with one attached hydrogen (secondary N) is 1. The minimum absolute atomic E-state index is 0.574. The highest BCUT2D eigenvalue weighted by molar-refractivity contribution is 7.98. The quantitative estimate of drug-likeness (QED) is 0.494. The van der Waals surface area contributed by atoms with E-state index in [1.165, 1.54) is 10.5 Å². The Morgan fingerprint density at radius 3 is 2.58 bits per heavy atom. The molecule has 0 fully saturated rings. The Bertz CT molecular complexity index is 523. The van der Waals surface area contributed by atoms with Crippen molar-refractivity contribution in [2.24, 2.45) is 5.84 Å². The molecule has 1 aromatic carbocycles. The number of thioether (sulfide) groups is 1. The predicted molar refractivity (Wildman–Crippen MR) is 82.1 cm³/mol. The Morgan fingerprint density at radius 1 is 1.21 bits per heavy atom. The molecule has 0 bridgehead atoms. The number of pyridine rings is 1. The van der Waals surface area contributed by atoms with Crippen molar-refractivity contribution >= 4 is 17.6 Å². The van der Waals surface area contributed by atoms with Gasteiger partial charge in [-0.3, -0.25) is 0 Å². The SMILES string of the molecule is CC(C)c1ccc(SCc2cccnc2NN)cc1. The number of nitrogen functional groups attached to an aromatic ring is 1. The van der Waals surface area contributed by atoms with Gasteiger partial charge in [0.1, 0.15) is 5.82 Å². The molecule has 0 spiro atoms. The summed E-state index contributed by atoms with van der Waals surface area (Å²) in [5.41, 5.74) is 5.12. The largest absolute Gasteiger partial charge is 0.308 e. The number of nitrogens with zero attached hydrogens (tertiary/aromatic N) is 1. The summed E-state index contributed by atoms with van der Waals surface area (Å²) >= 11 is 1.79. The molecule has 1 heterocycles. The highest BCUT2D eigenvalue weighted by atomic mass is 32.2. The molecule has 1 aromatic heterocycles. The van der Waals surface area contributed by atoms with Gasteiger partial charge in [0, 0.05) is 22.4 Å². The Morgan fingerprint density at radius 2 is 1.95 bits per heavy atom. The lowest BCUT2D eigenvalue weighted by Crippen LogP contribution is -2.10. The van der Waals surface area contributed by atoms with Gasteiger partial charge in [-0.2, -0.15) is 0 Å². The Balaban J connectivity index is 2.02. The predicted octanol–water partition coefficient (Wildman–Crippen LogP) is 3.78. The van der Waals surface area contributed by atoms with Crippen LogP contribution in [0.5, 0.6) is 0 Å². The van der Waals surface area contributed by atoms with Gasteiger partial charge in [0.05, 0.1) is 0 Å². The number of nitrogens with two attached hydrogens (primary N) is 1. The fourth-order valence-corrected chi connectivity index (χ4v) is 2.68. The van der Waals surface area contributed by atoms with E-state index < -0.39 is 0 Å². The van der Waals surface area contributed by atoms with Crippen LogP contribution in [-0.4, -0.2) is 4.98 Å². The fourth-order valence-electron chi connectivity index (χ4n) is 1.80. The summed E-state index contributed by atoms with van der Waals surface area (Å²) in [6, 6.07) is 12.7. The Labute approximate surface area is 118 Å². The van der Waals surface area contributed by atoms with Crippen molar-refractivity contribution in [3.05, 3.63) is 53.7 Å². The van der Waals surface area contributed by atoms with E-state index in [0.717, 1.165) is 17.1 Å². The van der Waals surface area contributed by atoms with E-state index in [4.69, 9.17) is 5.84 Å². The molecule has 2 aromatic rings. The molecular weight excluding hydrogens is 254 g/mol. The van der Waals surface area contributed by atoms with E-state index in [1.807, 2.05) is 12.1 Å². The van der Waals surface area contributed by atoms with E-state index in [-0.39, 0.29) is 0 Å². The van der Waals surface area contributed by atoms with E-state index >= 15 is 0 Å². The molecule has 0 saturated heterocycles. The standard InChI is InChI=1S/C15H19N3S/c1-11(2)12-5-7-14(8-6-12)19-10-13-4-3-9-17-15(13)18-16/h3-9,11H,10,16H2,1-2H3,(H,17,18). The lowest BCUT2D eigenvalue weighted by atomic mass is 10.0. The second kappa shape index (κ2) is 6.59. The van der Waals surface area contributed by atoms with Crippen LogP contribution in [0.3, 0.4) is 0 Å². The zero-order valence-corrected chi connectivity index (χ0v) is 12.1. The molecule has 2 rings (SSSR count). The number of aromatic nitrogens is 1. The summed E-state index contributed by atoms with van der Waals surface area (Å²) < 4.78 is 0. The maximum atomic E-state index is 5.45. The first kappa shape index (κ1) is 13.9. The monoisotopic (exact) mass is 273 g/mol. The normalized spacial score (nSPS) is 10.7. The zero-order valence-electron chi connectivity index (χ0n) is 11.3. The average Bonchev–Trinajstić information content (AvgIpc) is 2.45. The first-order valence-corrected chi connectivity index (χ1v) is 7.32. The lowest BCUT2D eigenvalue weighted by Gasteiger charge is -2.08. The van der Waals surface area contributed by atoms with Crippen LogP contribution in [-0.2, 0) is 5.75 Å². The van der Waals surface area contributed by atoms with Crippen molar-refractivity contribution in [1.29, 1.82) is 0 Å². The average molecular weight is 273 g/mol. The molecule has 0 amide bonds. The van der Waals surface area contributed by atoms with Crippen molar-refractivity contribution in [3.8, 4) is 0 Å². The van der Waals surface area contributed by atoms with Crippen molar-refractivity contribution in [1.82, 2.24) is 4.98 Å². The molecule has 0 radical (unpaired) electrons. The second-order valence-corrected chi connectivity index (χ2v) is 5.72.